The molecule has 0 bridgehead atoms. The number of hydrogen-bond acceptors (Lipinski definition) is 4. The van der Waals surface area contributed by atoms with Crippen LogP contribution in [0.3, 0.4) is 0 Å². The maximum atomic E-state index is 10.7. The Morgan fingerprint density at radius 3 is 3.09 bits per heavy atom. The highest BCUT2D eigenvalue weighted by atomic mass is 16.7. The molecule has 11 heavy (non-hydrogen) atoms. The Morgan fingerprint density at radius 1 is 1.91 bits per heavy atom. The van der Waals surface area contributed by atoms with Gasteiger partial charge in [0, 0.05) is 0 Å². The molecule has 0 radical (unpaired) electrons. The largest absolute Gasteiger partial charge is 0.341 e. The predicted octanol–water partition coefficient (Wildman–Crippen LogP) is -2.51. The van der Waals surface area contributed by atoms with Crippen LogP contribution in [0.2, 0.25) is 0 Å². The molecule has 1 rings (SSSR count). The molecule has 6 nitrogen and oxygen atoms in total. The molecule has 6 heteroatoms. The SMILES string of the molecule is NCC(=O)NC1CONC1=O. The zero-order valence-electron chi connectivity index (χ0n) is 5.79. The molecule has 4 N–H and O–H groups in total. The van der Waals surface area contributed by atoms with E-state index in [-0.39, 0.29) is 25.0 Å². The first kappa shape index (κ1) is 7.96. The van der Waals surface area contributed by atoms with Gasteiger partial charge in [-0.05, 0) is 0 Å². The van der Waals surface area contributed by atoms with Crippen LogP contribution in [-0.4, -0.2) is 31.0 Å². The first-order valence-corrected chi connectivity index (χ1v) is 3.15. The lowest BCUT2D eigenvalue weighted by Crippen LogP contribution is -2.44. The lowest BCUT2D eigenvalue weighted by molar-refractivity contribution is -0.128. The molecule has 0 saturated carbocycles. The van der Waals surface area contributed by atoms with E-state index in [1.165, 1.54) is 0 Å². The van der Waals surface area contributed by atoms with Gasteiger partial charge in [-0.3, -0.25) is 14.4 Å². The van der Waals surface area contributed by atoms with Crippen molar-refractivity contribution >= 4 is 11.8 Å². The first-order valence-electron chi connectivity index (χ1n) is 3.15. The van der Waals surface area contributed by atoms with Crippen molar-refractivity contribution in [2.24, 2.45) is 5.73 Å². The number of carbonyl (C=O) groups is 2. The maximum absolute atomic E-state index is 10.7. The second-order valence-electron chi connectivity index (χ2n) is 2.10. The number of carbonyl (C=O) groups excluding carboxylic acids is 2. The molecule has 0 aromatic heterocycles. The van der Waals surface area contributed by atoms with Crippen molar-refractivity contribution in [2.45, 2.75) is 6.04 Å². The number of amides is 2. The van der Waals surface area contributed by atoms with Gasteiger partial charge in [0.25, 0.3) is 5.91 Å². The normalized spacial score (nSPS) is 23.0. The minimum Gasteiger partial charge on any atom is -0.341 e. The third kappa shape index (κ3) is 1.89. The van der Waals surface area contributed by atoms with Crippen LogP contribution in [0.4, 0.5) is 0 Å². The second kappa shape index (κ2) is 3.31. The van der Waals surface area contributed by atoms with Crippen LogP contribution < -0.4 is 16.5 Å². The lowest BCUT2D eigenvalue weighted by atomic mass is 10.3. The van der Waals surface area contributed by atoms with Gasteiger partial charge in [-0.1, -0.05) is 0 Å². The van der Waals surface area contributed by atoms with E-state index in [1.807, 2.05) is 0 Å². The zero-order valence-corrected chi connectivity index (χ0v) is 5.79. The van der Waals surface area contributed by atoms with Crippen molar-refractivity contribution in [1.82, 2.24) is 10.8 Å². The van der Waals surface area contributed by atoms with Crippen molar-refractivity contribution in [3.63, 3.8) is 0 Å². The molecule has 1 heterocycles. The summed E-state index contributed by atoms with van der Waals surface area (Å²) in [6, 6.07) is -0.592. The lowest BCUT2D eigenvalue weighted by Gasteiger charge is -2.05. The Hall–Kier alpha value is -1.14. The molecule has 2 amide bonds. The van der Waals surface area contributed by atoms with E-state index in [2.05, 4.69) is 15.6 Å². The van der Waals surface area contributed by atoms with Crippen LogP contribution >= 0.6 is 0 Å². The Balaban J connectivity index is 2.36. The fourth-order valence-electron chi connectivity index (χ4n) is 0.703. The molecule has 0 aliphatic carbocycles. The van der Waals surface area contributed by atoms with Gasteiger partial charge in [0.1, 0.15) is 12.6 Å². The number of hydroxylamine groups is 1. The molecule has 1 atom stereocenters. The number of nitrogens with two attached hydrogens (primary N) is 1. The summed E-state index contributed by atoms with van der Waals surface area (Å²) in [5.74, 6) is -0.706. The molecular weight excluding hydrogens is 150 g/mol. The minimum atomic E-state index is -0.592. The third-order valence-electron chi connectivity index (χ3n) is 1.26. The Labute approximate surface area is 63.0 Å². The standard InChI is InChI=1S/C5H9N3O3/c6-1-4(9)7-3-2-11-8-5(3)10/h3H,1-2,6H2,(H,7,9)(H,8,10). The van der Waals surface area contributed by atoms with Gasteiger partial charge in [0.05, 0.1) is 6.54 Å². The van der Waals surface area contributed by atoms with Gasteiger partial charge in [0.2, 0.25) is 5.91 Å². The Morgan fingerprint density at radius 2 is 2.64 bits per heavy atom. The highest BCUT2D eigenvalue weighted by Gasteiger charge is 2.26. The summed E-state index contributed by atoms with van der Waals surface area (Å²) in [6.07, 6.45) is 0. The predicted molar refractivity (Wildman–Crippen MR) is 35.1 cm³/mol. The topological polar surface area (TPSA) is 93.5 Å². The van der Waals surface area contributed by atoms with E-state index in [9.17, 15) is 9.59 Å². The van der Waals surface area contributed by atoms with E-state index in [0.29, 0.717) is 0 Å². The molecular formula is C5H9N3O3. The van der Waals surface area contributed by atoms with Gasteiger partial charge in [-0.2, -0.15) is 0 Å². The first-order chi connectivity index (χ1) is 5.24. The fourth-order valence-corrected chi connectivity index (χ4v) is 0.703. The van der Waals surface area contributed by atoms with Crippen LogP contribution in [-0.2, 0) is 14.4 Å². The number of rotatable bonds is 2. The molecule has 1 unspecified atom stereocenters. The maximum Gasteiger partial charge on any atom is 0.268 e. The molecule has 0 spiro atoms. The molecule has 0 aromatic carbocycles. The fraction of sp³-hybridized carbons (Fsp3) is 0.600. The van der Waals surface area contributed by atoms with E-state index >= 15 is 0 Å². The molecule has 1 fully saturated rings. The average molecular weight is 159 g/mol. The van der Waals surface area contributed by atoms with E-state index < -0.39 is 6.04 Å². The molecule has 1 saturated heterocycles. The second-order valence-corrected chi connectivity index (χ2v) is 2.10. The molecule has 1 aliphatic heterocycles. The number of nitrogens with one attached hydrogen (secondary N) is 2. The van der Waals surface area contributed by atoms with Crippen LogP contribution in [0.5, 0.6) is 0 Å². The van der Waals surface area contributed by atoms with Crippen molar-refractivity contribution in [3.8, 4) is 0 Å². The van der Waals surface area contributed by atoms with Crippen LogP contribution in [0.25, 0.3) is 0 Å². The van der Waals surface area contributed by atoms with Crippen molar-refractivity contribution < 1.29 is 14.4 Å². The van der Waals surface area contributed by atoms with Gasteiger partial charge < -0.3 is 11.1 Å². The summed E-state index contributed by atoms with van der Waals surface area (Å²) in [5, 5.41) is 2.38. The molecule has 1 aliphatic rings. The summed E-state index contributed by atoms with van der Waals surface area (Å²) in [4.78, 5) is 25.9. The van der Waals surface area contributed by atoms with Crippen LogP contribution in [0.15, 0.2) is 0 Å². The highest BCUT2D eigenvalue weighted by molar-refractivity contribution is 5.88. The summed E-state index contributed by atoms with van der Waals surface area (Å²) in [5.41, 5.74) is 7.12. The zero-order chi connectivity index (χ0) is 8.27. The summed E-state index contributed by atoms with van der Waals surface area (Å²) in [7, 11) is 0. The summed E-state index contributed by atoms with van der Waals surface area (Å²) >= 11 is 0. The Bertz CT molecular complexity index is 182. The Kier molecular flexibility index (Phi) is 2.40. The molecule has 0 aromatic rings. The average Bonchev–Trinajstić information content (AvgIpc) is 2.37. The van der Waals surface area contributed by atoms with Crippen molar-refractivity contribution in [2.75, 3.05) is 13.2 Å². The minimum absolute atomic E-state index is 0.121. The van der Waals surface area contributed by atoms with Crippen molar-refractivity contribution in [3.05, 3.63) is 0 Å². The smallest absolute Gasteiger partial charge is 0.268 e. The van der Waals surface area contributed by atoms with E-state index in [0.717, 1.165) is 0 Å². The monoisotopic (exact) mass is 159 g/mol. The summed E-state index contributed by atoms with van der Waals surface area (Å²) < 4.78 is 0. The number of hydrogen-bond donors (Lipinski definition) is 3. The highest BCUT2D eigenvalue weighted by Crippen LogP contribution is 1.92. The van der Waals surface area contributed by atoms with Crippen LogP contribution in [0.1, 0.15) is 0 Å². The van der Waals surface area contributed by atoms with Crippen molar-refractivity contribution in [1.29, 1.82) is 0 Å². The quantitative estimate of drug-likeness (QED) is 0.415. The van der Waals surface area contributed by atoms with Gasteiger partial charge >= 0.3 is 0 Å². The van der Waals surface area contributed by atoms with Crippen LogP contribution in [0, 0.1) is 0 Å². The van der Waals surface area contributed by atoms with Gasteiger partial charge in [0.15, 0.2) is 0 Å². The third-order valence-corrected chi connectivity index (χ3v) is 1.26. The summed E-state index contributed by atoms with van der Waals surface area (Å²) in [6.45, 7) is 0.0361. The van der Waals surface area contributed by atoms with E-state index in [1.54, 1.807) is 0 Å². The molecule has 62 valence electrons. The van der Waals surface area contributed by atoms with Gasteiger partial charge in [-0.25, -0.2) is 5.48 Å². The van der Waals surface area contributed by atoms with Gasteiger partial charge in [-0.15, -0.1) is 0 Å². The van der Waals surface area contributed by atoms with E-state index in [4.69, 9.17) is 5.73 Å².